The number of nitrogens with one attached hydrogen (secondary N) is 2. The Labute approximate surface area is 181 Å². The van der Waals surface area contributed by atoms with Crippen molar-refractivity contribution in [2.75, 3.05) is 17.7 Å². The first-order valence-corrected chi connectivity index (χ1v) is 10.1. The van der Waals surface area contributed by atoms with Gasteiger partial charge in [0.05, 0.1) is 0 Å². The lowest BCUT2D eigenvalue weighted by molar-refractivity contribution is 0.102. The topological polar surface area (TPSA) is 66.9 Å². The van der Waals surface area contributed by atoms with Crippen molar-refractivity contribution in [1.29, 1.82) is 0 Å². The van der Waals surface area contributed by atoms with E-state index in [2.05, 4.69) is 45.4 Å². The highest BCUT2D eigenvalue weighted by molar-refractivity contribution is 6.13. The molecule has 1 aromatic heterocycles. The zero-order valence-corrected chi connectivity index (χ0v) is 17.4. The maximum absolute atomic E-state index is 12.9. The molecular weight excluding hydrogens is 384 g/mol. The summed E-state index contributed by atoms with van der Waals surface area (Å²) >= 11 is 0. The van der Waals surface area contributed by atoms with E-state index in [1.807, 2.05) is 54.6 Å². The molecule has 0 saturated heterocycles. The van der Waals surface area contributed by atoms with Crippen LogP contribution in [-0.2, 0) is 6.42 Å². The summed E-state index contributed by atoms with van der Waals surface area (Å²) in [5.74, 6) is 6.60. The van der Waals surface area contributed by atoms with E-state index in [9.17, 15) is 4.79 Å². The number of aryl methyl sites for hydroxylation is 1. The van der Waals surface area contributed by atoms with E-state index < -0.39 is 0 Å². The SMILES string of the molecule is CCc1cccc(NC(=O)c2cccc3cc(C#Cc4ccnc(NC)n4)ccc23)c1. The van der Waals surface area contributed by atoms with Gasteiger partial charge in [0.2, 0.25) is 5.95 Å². The van der Waals surface area contributed by atoms with Crippen LogP contribution < -0.4 is 10.6 Å². The van der Waals surface area contributed by atoms with Gasteiger partial charge < -0.3 is 10.6 Å². The van der Waals surface area contributed by atoms with Crippen molar-refractivity contribution < 1.29 is 4.79 Å². The van der Waals surface area contributed by atoms with Gasteiger partial charge in [-0.3, -0.25) is 4.79 Å². The summed E-state index contributed by atoms with van der Waals surface area (Å²) in [7, 11) is 1.77. The fraction of sp³-hybridized carbons (Fsp3) is 0.115. The number of fused-ring (bicyclic) bond motifs is 1. The Morgan fingerprint density at radius 3 is 2.71 bits per heavy atom. The average molecular weight is 406 g/mol. The Kier molecular flexibility index (Phi) is 5.91. The molecule has 1 amide bonds. The largest absolute Gasteiger partial charge is 0.357 e. The number of hydrogen-bond acceptors (Lipinski definition) is 4. The van der Waals surface area contributed by atoms with Crippen molar-refractivity contribution in [3.8, 4) is 11.8 Å². The quantitative estimate of drug-likeness (QED) is 0.474. The molecule has 5 nitrogen and oxygen atoms in total. The molecule has 0 radical (unpaired) electrons. The van der Waals surface area contributed by atoms with Gasteiger partial charge in [-0.2, -0.15) is 0 Å². The smallest absolute Gasteiger partial charge is 0.256 e. The van der Waals surface area contributed by atoms with E-state index in [0.29, 0.717) is 17.2 Å². The maximum atomic E-state index is 12.9. The van der Waals surface area contributed by atoms with Crippen LogP contribution >= 0.6 is 0 Å². The highest BCUT2D eigenvalue weighted by atomic mass is 16.1. The number of anilines is 2. The number of benzene rings is 3. The minimum Gasteiger partial charge on any atom is -0.357 e. The molecule has 0 spiro atoms. The molecule has 0 aliphatic heterocycles. The summed E-state index contributed by atoms with van der Waals surface area (Å²) in [6.45, 7) is 2.09. The van der Waals surface area contributed by atoms with E-state index in [1.54, 1.807) is 19.3 Å². The molecule has 2 N–H and O–H groups in total. The Bertz CT molecular complexity index is 1320. The van der Waals surface area contributed by atoms with Crippen LogP contribution in [0, 0.1) is 11.8 Å². The third kappa shape index (κ3) is 4.71. The Morgan fingerprint density at radius 2 is 1.87 bits per heavy atom. The average Bonchev–Trinajstić information content (AvgIpc) is 2.82. The first-order valence-electron chi connectivity index (χ1n) is 10.1. The molecule has 0 aliphatic rings. The Morgan fingerprint density at radius 1 is 1.00 bits per heavy atom. The molecule has 0 fully saturated rings. The number of carbonyl (C=O) groups is 1. The van der Waals surface area contributed by atoms with Crippen molar-refractivity contribution in [3.05, 3.63) is 95.3 Å². The summed E-state index contributed by atoms with van der Waals surface area (Å²) in [6, 6.07) is 21.2. The maximum Gasteiger partial charge on any atom is 0.256 e. The second-order valence-electron chi connectivity index (χ2n) is 7.02. The molecule has 4 rings (SSSR count). The monoisotopic (exact) mass is 406 g/mol. The van der Waals surface area contributed by atoms with Crippen LogP contribution in [0.3, 0.4) is 0 Å². The fourth-order valence-corrected chi connectivity index (χ4v) is 3.31. The van der Waals surface area contributed by atoms with Crippen molar-refractivity contribution in [1.82, 2.24) is 9.97 Å². The van der Waals surface area contributed by atoms with Gasteiger partial charge in [-0.15, -0.1) is 0 Å². The highest BCUT2D eigenvalue weighted by Gasteiger charge is 2.10. The normalized spacial score (nSPS) is 10.3. The van der Waals surface area contributed by atoms with Crippen LogP contribution in [0.4, 0.5) is 11.6 Å². The summed E-state index contributed by atoms with van der Waals surface area (Å²) in [6.07, 6.45) is 2.59. The van der Waals surface area contributed by atoms with Gasteiger partial charge in [0.15, 0.2) is 0 Å². The molecule has 0 bridgehead atoms. The lowest BCUT2D eigenvalue weighted by Gasteiger charge is -2.09. The lowest BCUT2D eigenvalue weighted by atomic mass is 10.0. The molecule has 3 aromatic carbocycles. The van der Waals surface area contributed by atoms with Crippen LogP contribution in [0.15, 0.2) is 72.9 Å². The molecule has 1 heterocycles. The molecule has 31 heavy (non-hydrogen) atoms. The van der Waals surface area contributed by atoms with Gasteiger partial charge in [-0.1, -0.05) is 43.2 Å². The van der Waals surface area contributed by atoms with Gasteiger partial charge in [-0.25, -0.2) is 9.97 Å². The van der Waals surface area contributed by atoms with Gasteiger partial charge in [-0.05, 0) is 65.1 Å². The molecule has 0 atom stereocenters. The highest BCUT2D eigenvalue weighted by Crippen LogP contribution is 2.22. The molecular formula is C26H22N4O. The summed E-state index contributed by atoms with van der Waals surface area (Å²) < 4.78 is 0. The van der Waals surface area contributed by atoms with E-state index in [4.69, 9.17) is 0 Å². The Hall–Kier alpha value is -4.17. The van der Waals surface area contributed by atoms with Gasteiger partial charge in [0, 0.05) is 30.1 Å². The van der Waals surface area contributed by atoms with Gasteiger partial charge in [0.25, 0.3) is 5.91 Å². The summed E-state index contributed by atoms with van der Waals surface area (Å²) in [4.78, 5) is 21.3. The number of hydrogen-bond donors (Lipinski definition) is 2. The zero-order valence-electron chi connectivity index (χ0n) is 17.4. The van der Waals surface area contributed by atoms with Crippen LogP contribution in [0.1, 0.15) is 34.1 Å². The zero-order chi connectivity index (χ0) is 21.6. The molecule has 152 valence electrons. The second-order valence-corrected chi connectivity index (χ2v) is 7.02. The number of aromatic nitrogens is 2. The minimum absolute atomic E-state index is 0.127. The van der Waals surface area contributed by atoms with Crippen molar-refractivity contribution in [2.24, 2.45) is 0 Å². The lowest BCUT2D eigenvalue weighted by Crippen LogP contribution is -2.12. The third-order valence-corrected chi connectivity index (χ3v) is 4.93. The standard InChI is InChI=1S/C26H22N4O/c1-3-18-6-4-8-22(17-18)29-25(31)24-9-5-7-20-16-19(11-13-23(20)24)10-12-21-14-15-28-26(27-2)30-21/h4-9,11,13-17H,3H2,1-2H3,(H,29,31)(H,27,28,30). The number of rotatable bonds is 4. The molecule has 5 heteroatoms. The molecule has 0 aliphatic carbocycles. The predicted molar refractivity (Wildman–Crippen MR) is 125 cm³/mol. The molecule has 0 unspecified atom stereocenters. The third-order valence-electron chi connectivity index (χ3n) is 4.93. The van der Waals surface area contributed by atoms with Crippen LogP contribution in [0.2, 0.25) is 0 Å². The van der Waals surface area contributed by atoms with Crippen molar-refractivity contribution >= 4 is 28.3 Å². The van der Waals surface area contributed by atoms with E-state index in [-0.39, 0.29) is 5.91 Å². The van der Waals surface area contributed by atoms with E-state index >= 15 is 0 Å². The van der Waals surface area contributed by atoms with Crippen LogP contribution in [0.25, 0.3) is 10.8 Å². The molecule has 0 saturated carbocycles. The summed E-state index contributed by atoms with van der Waals surface area (Å²) in [5.41, 5.74) is 4.11. The Balaban J connectivity index is 1.61. The van der Waals surface area contributed by atoms with Gasteiger partial charge >= 0.3 is 0 Å². The minimum atomic E-state index is -0.127. The van der Waals surface area contributed by atoms with Crippen molar-refractivity contribution in [3.63, 3.8) is 0 Å². The second kappa shape index (κ2) is 9.10. The predicted octanol–water partition coefficient (Wildman–Crippen LogP) is 4.89. The number of nitrogens with zero attached hydrogens (tertiary/aromatic N) is 2. The fourth-order valence-electron chi connectivity index (χ4n) is 3.31. The van der Waals surface area contributed by atoms with E-state index in [0.717, 1.165) is 28.4 Å². The van der Waals surface area contributed by atoms with Crippen molar-refractivity contribution in [2.45, 2.75) is 13.3 Å². The first-order chi connectivity index (χ1) is 15.2. The van der Waals surface area contributed by atoms with Crippen LogP contribution in [-0.4, -0.2) is 22.9 Å². The number of amides is 1. The van der Waals surface area contributed by atoms with Crippen LogP contribution in [0.5, 0.6) is 0 Å². The van der Waals surface area contributed by atoms with Gasteiger partial charge in [0.1, 0.15) is 5.69 Å². The summed E-state index contributed by atoms with van der Waals surface area (Å²) in [5, 5.41) is 7.76. The number of carbonyl (C=O) groups excluding carboxylic acids is 1. The van der Waals surface area contributed by atoms with E-state index in [1.165, 1.54) is 5.56 Å². The first kappa shape index (κ1) is 20.1. The molecule has 4 aromatic rings.